The Bertz CT molecular complexity index is 1670. The number of fused-ring (bicyclic) bond motifs is 2. The summed E-state index contributed by atoms with van der Waals surface area (Å²) >= 11 is 0. The largest absolute Gasteiger partial charge is 0.494 e. The lowest BCUT2D eigenvalue weighted by atomic mass is 10.1. The van der Waals surface area contributed by atoms with Crippen LogP contribution < -0.4 is 9.47 Å². The molecule has 0 radical (unpaired) electrons. The fourth-order valence-electron chi connectivity index (χ4n) is 4.47. The highest BCUT2D eigenvalue weighted by Gasteiger charge is 2.14. The van der Waals surface area contributed by atoms with Crippen molar-refractivity contribution in [1.82, 2.24) is 19.5 Å². The fourth-order valence-corrected chi connectivity index (χ4v) is 4.47. The average molecular weight is 519 g/mol. The van der Waals surface area contributed by atoms with Gasteiger partial charge in [0.2, 0.25) is 5.91 Å². The normalized spacial score (nSPS) is 10.7. The van der Waals surface area contributed by atoms with Crippen molar-refractivity contribution in [2.75, 3.05) is 13.2 Å². The third-order valence-electron chi connectivity index (χ3n) is 6.21. The van der Waals surface area contributed by atoms with Gasteiger partial charge in [-0.05, 0) is 110 Å². The van der Waals surface area contributed by atoms with E-state index in [1.807, 2.05) is 74.5 Å². The molecular formula is C32H30N4O3. The van der Waals surface area contributed by atoms with Gasteiger partial charge in [-0.3, -0.25) is 9.36 Å². The first-order chi connectivity index (χ1) is 19.1. The molecule has 6 aromatic rings. The molecule has 0 bridgehead atoms. The lowest BCUT2D eigenvalue weighted by Gasteiger charge is -2.07. The molecule has 196 valence electrons. The predicted octanol–water partition coefficient (Wildman–Crippen LogP) is 7.39. The first-order valence-corrected chi connectivity index (χ1v) is 12.9. The van der Waals surface area contributed by atoms with Crippen LogP contribution >= 0.6 is 0 Å². The SMILES string of the molecule is CCOc1ccc(-c2cc3cccnc3[nH]2)cc1.CCOc1ccc(-c2cc3cccnc3n2C(C)=O)cc1. The number of ether oxygens (including phenoxy) is 2. The minimum absolute atomic E-state index is 0.0485. The van der Waals surface area contributed by atoms with Crippen molar-refractivity contribution in [2.24, 2.45) is 0 Å². The maximum absolute atomic E-state index is 12.0. The predicted molar refractivity (Wildman–Crippen MR) is 155 cm³/mol. The molecule has 0 aliphatic heterocycles. The van der Waals surface area contributed by atoms with Crippen molar-refractivity contribution >= 4 is 28.0 Å². The summed E-state index contributed by atoms with van der Waals surface area (Å²) in [6.45, 7) is 6.81. The molecule has 0 fully saturated rings. The van der Waals surface area contributed by atoms with E-state index in [2.05, 4.69) is 39.2 Å². The number of carbonyl (C=O) groups excluding carboxylic acids is 1. The Balaban J connectivity index is 0.000000160. The minimum atomic E-state index is -0.0485. The second kappa shape index (κ2) is 11.6. The van der Waals surface area contributed by atoms with Gasteiger partial charge < -0.3 is 14.5 Å². The molecule has 0 spiro atoms. The monoisotopic (exact) mass is 518 g/mol. The lowest BCUT2D eigenvalue weighted by molar-refractivity contribution is 0.0943. The standard InChI is InChI=1S/C17H16N2O2.C15H14N2O/c1-3-21-15-8-6-13(7-9-15)16-11-14-5-4-10-18-17(14)19(16)12(2)20;1-2-18-13-7-5-11(6-8-13)14-10-12-4-3-9-16-15(12)17-14/h4-11H,3H2,1-2H3;3-10H,2H2,1H3,(H,16,17). The van der Waals surface area contributed by atoms with Gasteiger partial charge in [-0.15, -0.1) is 0 Å². The summed E-state index contributed by atoms with van der Waals surface area (Å²) in [5.41, 5.74) is 5.63. The van der Waals surface area contributed by atoms with Crippen LogP contribution in [-0.2, 0) is 0 Å². The van der Waals surface area contributed by atoms with Gasteiger partial charge in [-0.2, -0.15) is 0 Å². The van der Waals surface area contributed by atoms with E-state index in [9.17, 15) is 4.79 Å². The second-order valence-electron chi connectivity index (χ2n) is 8.84. The van der Waals surface area contributed by atoms with Gasteiger partial charge in [0.15, 0.2) is 0 Å². The van der Waals surface area contributed by atoms with E-state index < -0.39 is 0 Å². The van der Waals surface area contributed by atoms with Gasteiger partial charge in [-0.25, -0.2) is 9.97 Å². The molecule has 1 N–H and O–H groups in total. The summed E-state index contributed by atoms with van der Waals surface area (Å²) < 4.78 is 12.5. The lowest BCUT2D eigenvalue weighted by Crippen LogP contribution is -2.07. The Morgan fingerprint density at radius 1 is 0.769 bits per heavy atom. The number of pyridine rings is 2. The first-order valence-electron chi connectivity index (χ1n) is 12.9. The minimum Gasteiger partial charge on any atom is -0.494 e. The van der Waals surface area contributed by atoms with Gasteiger partial charge >= 0.3 is 0 Å². The number of hydrogen-bond donors (Lipinski definition) is 1. The Kier molecular flexibility index (Phi) is 7.68. The highest BCUT2D eigenvalue weighted by molar-refractivity contribution is 5.95. The summed E-state index contributed by atoms with van der Waals surface area (Å²) in [6, 6.07) is 27.7. The molecule has 7 nitrogen and oxygen atoms in total. The number of carbonyl (C=O) groups is 1. The van der Waals surface area contributed by atoms with Crippen LogP contribution in [0.1, 0.15) is 25.6 Å². The van der Waals surface area contributed by atoms with Gasteiger partial charge in [0.1, 0.15) is 22.8 Å². The molecule has 0 aliphatic rings. The number of rotatable bonds is 6. The Hall–Kier alpha value is -4.91. The van der Waals surface area contributed by atoms with Crippen LogP contribution in [0, 0.1) is 0 Å². The second-order valence-corrected chi connectivity index (χ2v) is 8.84. The Labute approximate surface area is 227 Å². The van der Waals surface area contributed by atoms with Crippen molar-refractivity contribution in [3.8, 4) is 34.0 Å². The van der Waals surface area contributed by atoms with Crippen LogP contribution in [0.3, 0.4) is 0 Å². The Morgan fingerprint density at radius 2 is 1.36 bits per heavy atom. The smallest absolute Gasteiger partial charge is 0.229 e. The Morgan fingerprint density at radius 3 is 1.95 bits per heavy atom. The van der Waals surface area contributed by atoms with E-state index in [1.54, 1.807) is 23.9 Å². The highest BCUT2D eigenvalue weighted by atomic mass is 16.5. The van der Waals surface area contributed by atoms with E-state index in [0.29, 0.717) is 18.9 Å². The zero-order valence-electron chi connectivity index (χ0n) is 22.2. The molecule has 0 amide bonds. The summed E-state index contributed by atoms with van der Waals surface area (Å²) in [7, 11) is 0. The molecule has 2 aromatic carbocycles. The first kappa shape index (κ1) is 25.7. The molecule has 7 heteroatoms. The van der Waals surface area contributed by atoms with Crippen molar-refractivity contribution in [1.29, 1.82) is 0 Å². The van der Waals surface area contributed by atoms with E-state index >= 15 is 0 Å². The molecule has 0 unspecified atom stereocenters. The number of aromatic nitrogens is 4. The molecule has 39 heavy (non-hydrogen) atoms. The van der Waals surface area contributed by atoms with E-state index in [-0.39, 0.29) is 5.91 Å². The van der Waals surface area contributed by atoms with Crippen molar-refractivity contribution in [2.45, 2.75) is 20.8 Å². The quantitative estimate of drug-likeness (QED) is 0.249. The van der Waals surface area contributed by atoms with E-state index in [1.165, 1.54) is 0 Å². The molecule has 0 saturated heterocycles. The van der Waals surface area contributed by atoms with Crippen molar-refractivity contribution < 1.29 is 14.3 Å². The number of H-pyrrole nitrogens is 1. The molecule has 4 heterocycles. The molecular weight excluding hydrogens is 488 g/mol. The van der Waals surface area contributed by atoms with Gasteiger partial charge in [0.25, 0.3) is 0 Å². The van der Waals surface area contributed by atoms with Gasteiger partial charge in [0, 0.05) is 35.8 Å². The number of hydrogen-bond acceptors (Lipinski definition) is 5. The molecule has 0 saturated carbocycles. The zero-order valence-corrected chi connectivity index (χ0v) is 22.2. The maximum atomic E-state index is 12.0. The number of benzene rings is 2. The van der Waals surface area contributed by atoms with Crippen LogP contribution in [0.5, 0.6) is 11.5 Å². The molecule has 6 rings (SSSR count). The van der Waals surface area contributed by atoms with Crippen molar-refractivity contribution in [3.63, 3.8) is 0 Å². The molecule has 0 atom stereocenters. The maximum Gasteiger partial charge on any atom is 0.229 e. The van der Waals surface area contributed by atoms with Crippen LogP contribution in [-0.4, -0.2) is 38.6 Å². The topological polar surface area (TPSA) is 82.0 Å². The van der Waals surface area contributed by atoms with Gasteiger partial charge in [0.05, 0.1) is 18.9 Å². The number of nitrogens with zero attached hydrogens (tertiary/aromatic N) is 3. The number of nitrogens with one attached hydrogen (secondary N) is 1. The van der Waals surface area contributed by atoms with Crippen LogP contribution in [0.25, 0.3) is 44.6 Å². The summed E-state index contributed by atoms with van der Waals surface area (Å²) in [4.78, 5) is 23.9. The molecule has 0 aliphatic carbocycles. The van der Waals surface area contributed by atoms with E-state index in [0.717, 1.165) is 50.4 Å². The summed E-state index contributed by atoms with van der Waals surface area (Å²) in [5.74, 6) is 1.67. The van der Waals surface area contributed by atoms with Crippen LogP contribution in [0.2, 0.25) is 0 Å². The number of aromatic amines is 1. The van der Waals surface area contributed by atoms with Crippen LogP contribution in [0.4, 0.5) is 0 Å². The van der Waals surface area contributed by atoms with Crippen LogP contribution in [0.15, 0.2) is 97.3 Å². The summed E-state index contributed by atoms with van der Waals surface area (Å²) in [6.07, 6.45) is 3.49. The van der Waals surface area contributed by atoms with Crippen molar-refractivity contribution in [3.05, 3.63) is 97.3 Å². The third-order valence-corrected chi connectivity index (χ3v) is 6.21. The average Bonchev–Trinajstić information content (AvgIpc) is 3.57. The molecule has 4 aromatic heterocycles. The zero-order chi connectivity index (χ0) is 27.2. The summed E-state index contributed by atoms with van der Waals surface area (Å²) in [5, 5.41) is 2.08. The highest BCUT2D eigenvalue weighted by Crippen LogP contribution is 2.29. The van der Waals surface area contributed by atoms with E-state index in [4.69, 9.17) is 9.47 Å². The fraction of sp³-hybridized carbons (Fsp3) is 0.156. The van der Waals surface area contributed by atoms with Gasteiger partial charge in [-0.1, -0.05) is 0 Å². The third kappa shape index (κ3) is 5.67.